The van der Waals surface area contributed by atoms with E-state index in [2.05, 4.69) is 103 Å². The minimum atomic E-state index is -1.50. The van der Waals surface area contributed by atoms with Crippen LogP contribution in [0.25, 0.3) is 66.6 Å². The summed E-state index contributed by atoms with van der Waals surface area (Å²) in [7, 11) is 4.29. The van der Waals surface area contributed by atoms with Crippen molar-refractivity contribution in [3.63, 3.8) is 0 Å². The van der Waals surface area contributed by atoms with Gasteiger partial charge in [-0.1, -0.05) is 12.1 Å². The lowest BCUT2D eigenvalue weighted by Gasteiger charge is -2.32. The fourth-order valence-corrected chi connectivity index (χ4v) is 9.53. The lowest BCUT2D eigenvalue weighted by atomic mass is 9.90. The van der Waals surface area contributed by atoms with Crippen LogP contribution in [-0.2, 0) is 24.4 Å². The molecule has 62 heavy (non-hydrogen) atoms. The first kappa shape index (κ1) is 39.9. The Morgan fingerprint density at radius 3 is 2.10 bits per heavy atom. The summed E-state index contributed by atoms with van der Waals surface area (Å²) in [6.07, 6.45) is 3.19. The first-order valence-corrected chi connectivity index (χ1v) is 21.6. The number of nitrogens with zero attached hydrogens (tertiary/aromatic N) is 6. The number of aryl methyl sites for hydroxylation is 1. The molecule has 1 saturated heterocycles. The Morgan fingerprint density at radius 2 is 1.40 bits per heavy atom. The summed E-state index contributed by atoms with van der Waals surface area (Å²) in [6.45, 7) is 6.74. The van der Waals surface area contributed by atoms with Crippen molar-refractivity contribution >= 4 is 55.8 Å². The van der Waals surface area contributed by atoms with Crippen LogP contribution >= 0.6 is 0 Å². The number of H-pyrrole nitrogens is 4. The number of benzene rings is 2. The van der Waals surface area contributed by atoms with Crippen LogP contribution in [0.5, 0.6) is 0 Å². The predicted molar refractivity (Wildman–Crippen MR) is 242 cm³/mol. The minimum absolute atomic E-state index is 0.279. The molecule has 0 spiro atoms. The smallest absolute Gasteiger partial charge is 0.269 e. The molecule has 7 heterocycles. The average molecular weight is 839 g/mol. The molecule has 2 fully saturated rings. The highest BCUT2D eigenvalue weighted by molar-refractivity contribution is 5.96. The molecule has 0 unspecified atom stereocenters. The van der Waals surface area contributed by atoms with E-state index in [4.69, 9.17) is 25.4 Å². The third-order valence-corrected chi connectivity index (χ3v) is 12.7. The number of fused-ring (bicyclic) bond motifs is 4. The number of nitrogens with two attached hydrogens (primary N) is 1. The number of aromatic amines is 4. The Balaban J connectivity index is 0.864. The van der Waals surface area contributed by atoms with Crippen LogP contribution in [-0.4, -0.2) is 89.6 Å². The molecule has 1 saturated carbocycles. The number of allylic oxidation sites excluding steroid dienone is 1. The summed E-state index contributed by atoms with van der Waals surface area (Å²) in [4.78, 5) is 37.8. The highest BCUT2D eigenvalue weighted by Gasteiger charge is 2.24. The van der Waals surface area contributed by atoms with Gasteiger partial charge >= 0.3 is 0 Å². The monoisotopic (exact) mass is 838 g/mol. The van der Waals surface area contributed by atoms with Crippen LogP contribution in [0.1, 0.15) is 61.3 Å². The van der Waals surface area contributed by atoms with Gasteiger partial charge in [-0.2, -0.15) is 8.78 Å². The number of anilines is 2. The molecule has 6 aromatic heterocycles. The number of ether oxygens (including phenoxy) is 1. The summed E-state index contributed by atoms with van der Waals surface area (Å²) in [6, 6.07) is 21.6. The number of nitrogen functional groups attached to an aromatic ring is 1. The van der Waals surface area contributed by atoms with E-state index in [1.54, 1.807) is 0 Å². The van der Waals surface area contributed by atoms with E-state index in [9.17, 15) is 8.78 Å². The van der Waals surface area contributed by atoms with Gasteiger partial charge in [-0.3, -0.25) is 4.90 Å². The normalized spacial score (nSPS) is 16.6. The van der Waals surface area contributed by atoms with E-state index in [-0.39, 0.29) is 6.04 Å². The van der Waals surface area contributed by atoms with Crippen molar-refractivity contribution in [1.29, 1.82) is 0 Å². The second kappa shape index (κ2) is 16.6. The molecule has 1 aliphatic heterocycles. The molecule has 0 atom stereocenters. The minimum Gasteiger partial charge on any atom is -0.384 e. The maximum absolute atomic E-state index is 13.1. The van der Waals surface area contributed by atoms with Crippen molar-refractivity contribution in [2.24, 2.45) is 5.92 Å². The van der Waals surface area contributed by atoms with Crippen molar-refractivity contribution < 1.29 is 13.5 Å². The van der Waals surface area contributed by atoms with Gasteiger partial charge in [-0.25, -0.2) is 19.9 Å². The van der Waals surface area contributed by atoms with Crippen LogP contribution in [0.2, 0.25) is 0 Å². The van der Waals surface area contributed by atoms with Gasteiger partial charge in [-0.05, 0) is 131 Å². The number of nitrogens with one attached hydrogen (secondary N) is 5. The molecule has 0 amide bonds. The zero-order valence-electron chi connectivity index (χ0n) is 35.3. The molecule has 15 heteroatoms. The number of rotatable bonds is 12. The second-order valence-corrected chi connectivity index (χ2v) is 17.4. The fourth-order valence-electron chi connectivity index (χ4n) is 9.53. The van der Waals surface area contributed by atoms with Crippen LogP contribution in [0, 0.1) is 12.8 Å². The second-order valence-electron chi connectivity index (χ2n) is 17.4. The van der Waals surface area contributed by atoms with Gasteiger partial charge in [0, 0.05) is 83.2 Å². The Hall–Kier alpha value is -6.16. The topological polar surface area (TPSA) is 168 Å². The van der Waals surface area contributed by atoms with Crippen molar-refractivity contribution in [3.8, 4) is 22.5 Å². The van der Waals surface area contributed by atoms with E-state index in [1.807, 2.05) is 19.1 Å². The van der Waals surface area contributed by atoms with E-state index in [0.29, 0.717) is 59.6 Å². The molecule has 7 N–H and O–H groups in total. The number of imidazole rings is 2. The van der Waals surface area contributed by atoms with Crippen molar-refractivity contribution in [3.05, 3.63) is 95.1 Å². The summed E-state index contributed by atoms with van der Waals surface area (Å²) < 4.78 is 31.8. The summed E-state index contributed by atoms with van der Waals surface area (Å²) in [5.74, 6) is 3.19. The number of hydrogen-bond acceptors (Lipinski definition) is 9. The third kappa shape index (κ3) is 8.27. The van der Waals surface area contributed by atoms with Gasteiger partial charge in [0.05, 0.1) is 17.6 Å². The van der Waals surface area contributed by atoms with Gasteiger partial charge in [0.15, 0.2) is 11.3 Å². The molecule has 0 radical (unpaired) electrons. The van der Waals surface area contributed by atoms with Crippen molar-refractivity contribution in [2.75, 3.05) is 44.9 Å². The Kier molecular flexibility index (Phi) is 10.7. The molecule has 10 rings (SSSR count). The first-order valence-electron chi connectivity index (χ1n) is 21.6. The molecule has 320 valence electrons. The standard InChI is InChI=1S/C47H52F2N12O/c1-26-52-43-35(39-19-31-16-28(4-10-36(31)55-39)24-60(2)23-27-12-14-62-15-13-27)21-41(58-46(43)53-26)51-22-42-57-44-34(20-40(50)56-47(44)59-42)38-18-32-17-29(5-11-37(32)54-38)25-61(3)33-8-6-30(7-9-33)45(48)49/h4-5,10-11,16-21,27,33,54-55H,6-9,12-15,22-25H2,1-3H3,(H3,50,56,57,59)(H2,51,52,53,58). The Labute approximate surface area is 357 Å². The van der Waals surface area contributed by atoms with Crippen LogP contribution in [0.3, 0.4) is 0 Å². The fraction of sp³-hybridized carbons (Fsp3) is 0.362. The average Bonchev–Trinajstić information content (AvgIpc) is 4.06. The third-order valence-electron chi connectivity index (χ3n) is 12.7. The van der Waals surface area contributed by atoms with Crippen molar-refractivity contribution in [1.82, 2.24) is 49.7 Å². The highest BCUT2D eigenvalue weighted by atomic mass is 19.3. The highest BCUT2D eigenvalue weighted by Crippen LogP contribution is 2.35. The largest absolute Gasteiger partial charge is 0.384 e. The van der Waals surface area contributed by atoms with Crippen molar-refractivity contribution in [2.45, 2.75) is 71.1 Å². The Morgan fingerprint density at radius 1 is 0.758 bits per heavy atom. The van der Waals surface area contributed by atoms with Crippen LogP contribution < -0.4 is 11.1 Å². The zero-order valence-corrected chi connectivity index (χ0v) is 35.3. The van der Waals surface area contributed by atoms with Gasteiger partial charge in [0.1, 0.15) is 23.3 Å². The van der Waals surface area contributed by atoms with E-state index >= 15 is 0 Å². The van der Waals surface area contributed by atoms with Crippen LogP contribution in [0.4, 0.5) is 20.4 Å². The zero-order chi connectivity index (χ0) is 42.5. The van der Waals surface area contributed by atoms with Gasteiger partial charge in [-0.15, -0.1) is 0 Å². The predicted octanol–water partition coefficient (Wildman–Crippen LogP) is 9.41. The number of hydrogen-bond donors (Lipinski definition) is 6. The SMILES string of the molecule is Cc1nc2nc(NCc3nc4nc(N)cc(-c5cc6cc(CN(C)C7CCC(=C(F)F)CC7)ccc6[nH]5)c4[nH]3)cc(-c3cc4cc(CN(C)CC5CCOCC5)ccc4[nH]3)c2[nH]1. The molecule has 8 aromatic rings. The molecule has 2 aromatic carbocycles. The number of halogens is 2. The van der Waals surface area contributed by atoms with E-state index in [1.165, 1.54) is 5.56 Å². The quantitative estimate of drug-likeness (QED) is 0.0702. The summed E-state index contributed by atoms with van der Waals surface area (Å²) in [5, 5.41) is 5.71. The van der Waals surface area contributed by atoms with Crippen LogP contribution in [0.15, 0.2) is 72.3 Å². The maximum atomic E-state index is 13.1. The van der Waals surface area contributed by atoms with Gasteiger partial charge in [0.2, 0.25) is 0 Å². The lowest BCUT2D eigenvalue weighted by molar-refractivity contribution is 0.0549. The van der Waals surface area contributed by atoms with E-state index < -0.39 is 6.08 Å². The maximum Gasteiger partial charge on any atom is 0.269 e. The molecular formula is C47H52F2N12O. The molecule has 13 nitrogen and oxygen atoms in total. The molecule has 2 aliphatic rings. The summed E-state index contributed by atoms with van der Waals surface area (Å²) >= 11 is 0. The number of pyridine rings is 2. The van der Waals surface area contributed by atoms with Gasteiger partial charge < -0.3 is 40.6 Å². The van der Waals surface area contributed by atoms with Gasteiger partial charge in [0.25, 0.3) is 6.08 Å². The molecule has 0 bridgehead atoms. The van der Waals surface area contributed by atoms with E-state index in [0.717, 1.165) is 125 Å². The number of aromatic nitrogens is 8. The lowest BCUT2D eigenvalue weighted by Crippen LogP contribution is -2.33. The summed E-state index contributed by atoms with van der Waals surface area (Å²) in [5.41, 5.74) is 17.7. The molecule has 1 aliphatic carbocycles. The molecular weight excluding hydrogens is 787 g/mol. The first-order chi connectivity index (χ1) is 30.1. The Bertz CT molecular complexity index is 2940.